The molecule has 0 N–H and O–H groups in total. The van der Waals surface area contributed by atoms with Crippen molar-refractivity contribution in [2.45, 2.75) is 26.3 Å². The summed E-state index contributed by atoms with van der Waals surface area (Å²) in [7, 11) is 0. The monoisotopic (exact) mass is 256 g/mol. The molecule has 2 aromatic rings. The van der Waals surface area contributed by atoms with Crippen LogP contribution in [0.5, 0.6) is 0 Å². The van der Waals surface area contributed by atoms with Crippen LogP contribution < -0.4 is 0 Å². The topological polar surface area (TPSA) is 17.8 Å². The van der Waals surface area contributed by atoms with E-state index in [1.807, 2.05) is 18.2 Å². The van der Waals surface area contributed by atoms with Gasteiger partial charge in [0.1, 0.15) is 5.82 Å². The number of fused-ring (bicyclic) bond motifs is 1. The molecule has 0 aliphatic heterocycles. The van der Waals surface area contributed by atoms with Crippen LogP contribution in [0.3, 0.4) is 0 Å². The van der Waals surface area contributed by atoms with Gasteiger partial charge in [0.2, 0.25) is 0 Å². The minimum Gasteiger partial charge on any atom is -0.328 e. The molecule has 4 heteroatoms. The van der Waals surface area contributed by atoms with Crippen molar-refractivity contribution >= 4 is 34.2 Å². The van der Waals surface area contributed by atoms with E-state index in [-0.39, 0.29) is 0 Å². The number of hydrogen-bond acceptors (Lipinski definition) is 1. The summed E-state index contributed by atoms with van der Waals surface area (Å²) in [4.78, 5) is 4.58. The van der Waals surface area contributed by atoms with Crippen LogP contribution in [0.2, 0.25) is 5.02 Å². The highest BCUT2D eigenvalue weighted by molar-refractivity contribution is 6.31. The van der Waals surface area contributed by atoms with Gasteiger partial charge >= 0.3 is 0 Å². The number of hydrogen-bond donors (Lipinski definition) is 0. The van der Waals surface area contributed by atoms with E-state index >= 15 is 0 Å². The summed E-state index contributed by atoms with van der Waals surface area (Å²) in [6.07, 6.45) is 1.88. The average Bonchev–Trinajstić information content (AvgIpc) is 2.58. The summed E-state index contributed by atoms with van der Waals surface area (Å²) in [6, 6.07) is 5.80. The van der Waals surface area contributed by atoms with Crippen LogP contribution in [0.4, 0.5) is 0 Å². The zero-order valence-electron chi connectivity index (χ0n) is 9.21. The van der Waals surface area contributed by atoms with E-state index in [2.05, 4.69) is 16.5 Å². The first kappa shape index (κ1) is 11.7. The summed E-state index contributed by atoms with van der Waals surface area (Å²) >= 11 is 11.8. The molecule has 0 unspecified atom stereocenters. The van der Waals surface area contributed by atoms with E-state index in [9.17, 15) is 0 Å². The third kappa shape index (κ3) is 2.18. The van der Waals surface area contributed by atoms with E-state index in [1.165, 1.54) is 0 Å². The predicted octanol–water partition coefficient (Wildman–Crippen LogP) is 3.88. The fraction of sp³-hybridized carbons (Fsp3) is 0.417. The fourth-order valence-corrected chi connectivity index (χ4v) is 2.23. The summed E-state index contributed by atoms with van der Waals surface area (Å²) < 4.78 is 2.21. The normalized spacial score (nSPS) is 11.2. The lowest BCUT2D eigenvalue weighted by Gasteiger charge is -2.06. The van der Waals surface area contributed by atoms with Crippen LogP contribution in [0.1, 0.15) is 19.2 Å². The molecule has 0 radical (unpaired) electrons. The van der Waals surface area contributed by atoms with Gasteiger partial charge in [0, 0.05) is 23.9 Å². The molecule has 0 aliphatic carbocycles. The highest BCUT2D eigenvalue weighted by atomic mass is 35.5. The standard InChI is InChI=1S/C12H14Cl2N2/c1-2-7-16-11-8-9(14)3-4-10(11)15-12(16)5-6-13/h3-4,8H,2,5-7H2,1H3. The number of imidazole rings is 1. The average molecular weight is 257 g/mol. The Morgan fingerprint density at radius 2 is 2.19 bits per heavy atom. The molecule has 0 bridgehead atoms. The molecule has 0 saturated carbocycles. The fourth-order valence-electron chi connectivity index (χ4n) is 1.89. The number of nitrogens with zero attached hydrogens (tertiary/aromatic N) is 2. The minimum absolute atomic E-state index is 0.598. The van der Waals surface area contributed by atoms with Gasteiger partial charge in [-0.1, -0.05) is 18.5 Å². The van der Waals surface area contributed by atoms with Gasteiger partial charge in [0.15, 0.2) is 0 Å². The van der Waals surface area contributed by atoms with Crippen molar-refractivity contribution in [1.82, 2.24) is 9.55 Å². The number of alkyl halides is 1. The van der Waals surface area contributed by atoms with Crippen molar-refractivity contribution in [3.8, 4) is 0 Å². The molecular formula is C12H14Cl2N2. The maximum absolute atomic E-state index is 6.01. The van der Waals surface area contributed by atoms with Crippen LogP contribution in [0, 0.1) is 0 Å². The number of benzene rings is 1. The van der Waals surface area contributed by atoms with Crippen LogP contribution >= 0.6 is 23.2 Å². The van der Waals surface area contributed by atoms with Crippen molar-refractivity contribution in [3.63, 3.8) is 0 Å². The van der Waals surface area contributed by atoms with Gasteiger partial charge in [-0.3, -0.25) is 0 Å². The van der Waals surface area contributed by atoms with Crippen molar-refractivity contribution in [1.29, 1.82) is 0 Å². The molecule has 0 aliphatic rings. The number of aryl methyl sites for hydroxylation is 2. The van der Waals surface area contributed by atoms with Gasteiger partial charge in [-0.25, -0.2) is 4.98 Å². The third-order valence-corrected chi connectivity index (χ3v) is 2.98. The lowest BCUT2D eigenvalue weighted by molar-refractivity contribution is 0.660. The zero-order chi connectivity index (χ0) is 11.5. The Morgan fingerprint density at radius 1 is 1.38 bits per heavy atom. The van der Waals surface area contributed by atoms with E-state index in [0.717, 1.165) is 41.3 Å². The second-order valence-corrected chi connectivity index (χ2v) is 4.57. The molecule has 0 spiro atoms. The maximum atomic E-state index is 6.01. The van der Waals surface area contributed by atoms with Gasteiger partial charge in [0.25, 0.3) is 0 Å². The van der Waals surface area contributed by atoms with Gasteiger partial charge in [-0.15, -0.1) is 11.6 Å². The smallest absolute Gasteiger partial charge is 0.111 e. The van der Waals surface area contributed by atoms with E-state index in [4.69, 9.17) is 23.2 Å². The molecule has 16 heavy (non-hydrogen) atoms. The summed E-state index contributed by atoms with van der Waals surface area (Å²) in [5.74, 6) is 1.65. The van der Waals surface area contributed by atoms with Gasteiger partial charge in [-0.2, -0.15) is 0 Å². The molecule has 1 heterocycles. The van der Waals surface area contributed by atoms with Crippen LogP contribution in [0.15, 0.2) is 18.2 Å². The molecule has 0 fully saturated rings. The first-order valence-electron chi connectivity index (χ1n) is 5.47. The number of halogens is 2. The molecule has 1 aromatic carbocycles. The van der Waals surface area contributed by atoms with Crippen molar-refractivity contribution in [2.75, 3.05) is 5.88 Å². The molecular weight excluding hydrogens is 243 g/mol. The minimum atomic E-state index is 0.598. The summed E-state index contributed by atoms with van der Waals surface area (Å²) in [5.41, 5.74) is 2.10. The second-order valence-electron chi connectivity index (χ2n) is 3.75. The molecule has 86 valence electrons. The predicted molar refractivity (Wildman–Crippen MR) is 69.5 cm³/mol. The van der Waals surface area contributed by atoms with Crippen LogP contribution in [-0.4, -0.2) is 15.4 Å². The molecule has 2 rings (SSSR count). The van der Waals surface area contributed by atoms with Crippen LogP contribution in [0.25, 0.3) is 11.0 Å². The third-order valence-electron chi connectivity index (χ3n) is 2.55. The highest BCUT2D eigenvalue weighted by Crippen LogP contribution is 2.21. The molecule has 1 aromatic heterocycles. The summed E-state index contributed by atoms with van der Waals surface area (Å²) in [6.45, 7) is 3.12. The van der Waals surface area contributed by atoms with Crippen LogP contribution in [-0.2, 0) is 13.0 Å². The number of rotatable bonds is 4. The Hall–Kier alpha value is -0.730. The maximum Gasteiger partial charge on any atom is 0.111 e. The van der Waals surface area contributed by atoms with Crippen molar-refractivity contribution in [3.05, 3.63) is 29.0 Å². The van der Waals surface area contributed by atoms with E-state index < -0.39 is 0 Å². The molecule has 0 saturated heterocycles. The first-order valence-corrected chi connectivity index (χ1v) is 6.38. The second kappa shape index (κ2) is 5.07. The number of aromatic nitrogens is 2. The van der Waals surface area contributed by atoms with E-state index in [1.54, 1.807) is 0 Å². The van der Waals surface area contributed by atoms with Gasteiger partial charge in [-0.05, 0) is 24.6 Å². The van der Waals surface area contributed by atoms with Crippen molar-refractivity contribution < 1.29 is 0 Å². The molecule has 0 atom stereocenters. The Labute approximate surface area is 105 Å². The SMILES string of the molecule is CCCn1c(CCCl)nc2ccc(Cl)cc21. The molecule has 2 nitrogen and oxygen atoms in total. The lowest BCUT2D eigenvalue weighted by atomic mass is 10.3. The van der Waals surface area contributed by atoms with Gasteiger partial charge < -0.3 is 4.57 Å². The summed E-state index contributed by atoms with van der Waals surface area (Å²) in [5, 5.41) is 0.752. The van der Waals surface area contributed by atoms with Gasteiger partial charge in [0.05, 0.1) is 11.0 Å². The highest BCUT2D eigenvalue weighted by Gasteiger charge is 2.09. The molecule has 0 amide bonds. The largest absolute Gasteiger partial charge is 0.328 e. The first-order chi connectivity index (χ1) is 7.76. The zero-order valence-corrected chi connectivity index (χ0v) is 10.7. The lowest BCUT2D eigenvalue weighted by Crippen LogP contribution is -2.03. The van der Waals surface area contributed by atoms with Crippen molar-refractivity contribution in [2.24, 2.45) is 0 Å². The quantitative estimate of drug-likeness (QED) is 0.760. The Bertz CT molecular complexity index is 491. The Balaban J connectivity index is 2.57. The Morgan fingerprint density at radius 3 is 2.88 bits per heavy atom. The van der Waals surface area contributed by atoms with E-state index in [0.29, 0.717) is 5.88 Å². The Kier molecular flexibility index (Phi) is 3.72.